The van der Waals surface area contributed by atoms with Gasteiger partial charge in [-0.15, -0.1) is 0 Å². The Bertz CT molecular complexity index is 1290. The van der Waals surface area contributed by atoms with E-state index in [2.05, 4.69) is 55.5 Å². The van der Waals surface area contributed by atoms with Crippen LogP contribution in [0.4, 0.5) is 11.4 Å². The predicted octanol–water partition coefficient (Wildman–Crippen LogP) is 9.06. The quantitative estimate of drug-likeness (QED) is 0.0839. The van der Waals surface area contributed by atoms with Gasteiger partial charge in [0.1, 0.15) is 0 Å². The third-order valence-corrected chi connectivity index (χ3v) is 7.67. The number of hydrogen-bond acceptors (Lipinski definition) is 4. The van der Waals surface area contributed by atoms with Crippen molar-refractivity contribution >= 4 is 11.4 Å². The molecule has 0 atom stereocenters. The predicted molar refractivity (Wildman–Crippen MR) is 164 cm³/mol. The summed E-state index contributed by atoms with van der Waals surface area (Å²) in [6, 6.07) is 31.2. The second-order valence-corrected chi connectivity index (χ2v) is 11.0. The number of non-ortho nitro benzene ring substituents is 2. The van der Waals surface area contributed by atoms with Crippen molar-refractivity contribution in [3.05, 3.63) is 151 Å². The number of nitro benzene ring substituents is 2. The number of rotatable bonds is 15. The van der Waals surface area contributed by atoms with Crippen LogP contribution in [0.5, 0.6) is 0 Å². The lowest BCUT2D eigenvalue weighted by Crippen LogP contribution is -2.09. The summed E-state index contributed by atoms with van der Waals surface area (Å²) >= 11 is 0. The van der Waals surface area contributed by atoms with Gasteiger partial charge in [-0.1, -0.05) is 105 Å². The standard InChI is InChI=1S/C35H38N2O4/c1-2-3-4-5-6-33(25-29-11-7-27(8-12-29)23-31-15-19-34(20-16-31)36(38)39)26-30-13-9-28(10-14-30)24-32-17-21-35(22-18-32)37(40)41/h7-22,33H,2-6,23-26H2,1H3. The average molecular weight is 551 g/mol. The Labute approximate surface area is 242 Å². The van der Waals surface area contributed by atoms with E-state index in [1.165, 1.54) is 54.4 Å². The van der Waals surface area contributed by atoms with Gasteiger partial charge in [0.25, 0.3) is 11.4 Å². The molecule has 0 saturated carbocycles. The van der Waals surface area contributed by atoms with E-state index in [-0.39, 0.29) is 21.2 Å². The molecule has 0 bridgehead atoms. The highest BCUT2D eigenvalue weighted by Crippen LogP contribution is 2.24. The molecule has 0 fully saturated rings. The van der Waals surface area contributed by atoms with Gasteiger partial charge in [0.05, 0.1) is 9.85 Å². The van der Waals surface area contributed by atoms with E-state index in [9.17, 15) is 20.2 Å². The summed E-state index contributed by atoms with van der Waals surface area (Å²) in [7, 11) is 0. The molecule has 0 aliphatic heterocycles. The summed E-state index contributed by atoms with van der Waals surface area (Å²) in [6.45, 7) is 2.24. The van der Waals surface area contributed by atoms with Gasteiger partial charge >= 0.3 is 0 Å². The summed E-state index contributed by atoms with van der Waals surface area (Å²) < 4.78 is 0. The molecule has 212 valence electrons. The lowest BCUT2D eigenvalue weighted by molar-refractivity contribution is -0.385. The Balaban J connectivity index is 1.36. The molecule has 0 radical (unpaired) electrons. The van der Waals surface area contributed by atoms with E-state index in [0.29, 0.717) is 5.92 Å². The van der Waals surface area contributed by atoms with Gasteiger partial charge in [-0.25, -0.2) is 0 Å². The third kappa shape index (κ3) is 9.38. The topological polar surface area (TPSA) is 86.3 Å². The number of nitrogens with zero attached hydrogens (tertiary/aromatic N) is 2. The van der Waals surface area contributed by atoms with Crippen molar-refractivity contribution in [3.8, 4) is 0 Å². The fourth-order valence-electron chi connectivity index (χ4n) is 5.33. The minimum Gasteiger partial charge on any atom is -0.258 e. The second-order valence-electron chi connectivity index (χ2n) is 11.0. The van der Waals surface area contributed by atoms with Crippen LogP contribution in [0.25, 0.3) is 0 Å². The van der Waals surface area contributed by atoms with Crippen molar-refractivity contribution in [2.45, 2.75) is 64.7 Å². The van der Waals surface area contributed by atoms with Gasteiger partial charge in [-0.3, -0.25) is 20.2 Å². The average Bonchev–Trinajstić information content (AvgIpc) is 2.98. The van der Waals surface area contributed by atoms with E-state index in [1.54, 1.807) is 24.3 Å². The molecule has 0 spiro atoms. The summed E-state index contributed by atoms with van der Waals surface area (Å²) in [6.07, 6.45) is 9.82. The third-order valence-electron chi connectivity index (χ3n) is 7.67. The first-order valence-corrected chi connectivity index (χ1v) is 14.5. The first kappa shape index (κ1) is 29.7. The molecule has 4 rings (SSSR count). The monoisotopic (exact) mass is 550 g/mol. The Morgan fingerprint density at radius 3 is 1.20 bits per heavy atom. The number of benzene rings is 4. The van der Waals surface area contributed by atoms with Crippen LogP contribution in [0.3, 0.4) is 0 Å². The molecular weight excluding hydrogens is 512 g/mol. The van der Waals surface area contributed by atoms with E-state index >= 15 is 0 Å². The van der Waals surface area contributed by atoms with Gasteiger partial charge in [-0.05, 0) is 71.4 Å². The summed E-state index contributed by atoms with van der Waals surface area (Å²) in [5, 5.41) is 21.8. The highest BCUT2D eigenvalue weighted by molar-refractivity contribution is 5.37. The normalized spacial score (nSPS) is 11.1. The van der Waals surface area contributed by atoms with Gasteiger partial charge in [-0.2, -0.15) is 0 Å². The molecule has 0 aliphatic rings. The minimum absolute atomic E-state index is 0.119. The van der Waals surface area contributed by atoms with Crippen LogP contribution in [0.2, 0.25) is 0 Å². The molecule has 0 N–H and O–H groups in total. The second kappa shape index (κ2) is 14.9. The van der Waals surface area contributed by atoms with E-state index in [0.717, 1.165) is 36.8 Å². The largest absolute Gasteiger partial charge is 0.269 e. The molecule has 4 aromatic carbocycles. The Kier molecular flexibility index (Phi) is 10.8. The Morgan fingerprint density at radius 1 is 0.512 bits per heavy atom. The summed E-state index contributed by atoms with van der Waals surface area (Å²) in [5.74, 6) is 0.563. The van der Waals surface area contributed by atoms with Crippen molar-refractivity contribution in [1.29, 1.82) is 0 Å². The lowest BCUT2D eigenvalue weighted by atomic mass is 9.87. The van der Waals surface area contributed by atoms with E-state index in [4.69, 9.17) is 0 Å². The molecule has 0 heterocycles. The lowest BCUT2D eigenvalue weighted by Gasteiger charge is -2.18. The molecule has 6 nitrogen and oxygen atoms in total. The number of hydrogen-bond donors (Lipinski definition) is 0. The smallest absolute Gasteiger partial charge is 0.258 e. The van der Waals surface area contributed by atoms with Crippen LogP contribution < -0.4 is 0 Å². The maximum atomic E-state index is 10.9. The molecular formula is C35H38N2O4. The highest BCUT2D eigenvalue weighted by Gasteiger charge is 2.12. The van der Waals surface area contributed by atoms with Crippen LogP contribution >= 0.6 is 0 Å². The van der Waals surface area contributed by atoms with Gasteiger partial charge in [0, 0.05) is 24.3 Å². The van der Waals surface area contributed by atoms with Gasteiger partial charge in [0.15, 0.2) is 0 Å². The first-order chi connectivity index (χ1) is 19.9. The van der Waals surface area contributed by atoms with E-state index in [1.807, 2.05) is 24.3 Å². The molecule has 41 heavy (non-hydrogen) atoms. The van der Waals surface area contributed by atoms with Crippen molar-refractivity contribution in [2.75, 3.05) is 0 Å². The SMILES string of the molecule is CCCCCCC(Cc1ccc(Cc2ccc([N+](=O)[O-])cc2)cc1)Cc1ccc(Cc2ccc([N+](=O)[O-])cc2)cc1. The van der Waals surface area contributed by atoms with Crippen LogP contribution in [0.1, 0.15) is 72.4 Å². The molecule has 4 aromatic rings. The fraction of sp³-hybridized carbons (Fsp3) is 0.314. The van der Waals surface area contributed by atoms with Crippen molar-refractivity contribution in [3.63, 3.8) is 0 Å². The minimum atomic E-state index is -0.368. The van der Waals surface area contributed by atoms with Gasteiger partial charge < -0.3 is 0 Å². The van der Waals surface area contributed by atoms with Crippen LogP contribution in [0.15, 0.2) is 97.1 Å². The zero-order valence-corrected chi connectivity index (χ0v) is 23.7. The number of unbranched alkanes of at least 4 members (excludes halogenated alkanes) is 3. The van der Waals surface area contributed by atoms with Crippen LogP contribution in [0, 0.1) is 26.1 Å². The molecule has 0 aliphatic carbocycles. The Morgan fingerprint density at radius 2 is 0.854 bits per heavy atom. The van der Waals surface area contributed by atoms with Crippen LogP contribution in [-0.4, -0.2) is 9.85 Å². The molecule has 6 heteroatoms. The van der Waals surface area contributed by atoms with Crippen LogP contribution in [-0.2, 0) is 25.7 Å². The molecule has 0 amide bonds. The Hall–Kier alpha value is -4.32. The molecule has 0 saturated heterocycles. The summed E-state index contributed by atoms with van der Waals surface area (Å²) in [4.78, 5) is 21.1. The van der Waals surface area contributed by atoms with Crippen molar-refractivity contribution in [2.24, 2.45) is 5.92 Å². The fourth-order valence-corrected chi connectivity index (χ4v) is 5.33. The van der Waals surface area contributed by atoms with Crippen molar-refractivity contribution in [1.82, 2.24) is 0 Å². The number of nitro groups is 2. The maximum Gasteiger partial charge on any atom is 0.269 e. The molecule has 0 unspecified atom stereocenters. The molecule has 0 aromatic heterocycles. The van der Waals surface area contributed by atoms with Gasteiger partial charge in [0.2, 0.25) is 0 Å². The zero-order valence-electron chi connectivity index (χ0n) is 23.7. The highest BCUT2D eigenvalue weighted by atomic mass is 16.6. The maximum absolute atomic E-state index is 10.9. The van der Waals surface area contributed by atoms with E-state index < -0.39 is 0 Å². The zero-order chi connectivity index (χ0) is 29.0. The first-order valence-electron chi connectivity index (χ1n) is 14.5. The van der Waals surface area contributed by atoms with Crippen molar-refractivity contribution < 1.29 is 9.85 Å². The summed E-state index contributed by atoms with van der Waals surface area (Å²) in [5.41, 5.74) is 7.45.